The molecule has 0 fully saturated rings. The van der Waals surface area contributed by atoms with Crippen LogP contribution in [-0.2, 0) is 23.7 Å². The van der Waals surface area contributed by atoms with Crippen LogP contribution in [0.1, 0.15) is 303 Å². The van der Waals surface area contributed by atoms with Crippen molar-refractivity contribution < 1.29 is 18.6 Å². The highest BCUT2D eigenvalue weighted by molar-refractivity contribution is 6.56. The zero-order valence-corrected chi connectivity index (χ0v) is 73.3. The molecule has 2 aliphatic heterocycles. The zero-order valence-electron chi connectivity index (χ0n) is 73.3. The van der Waals surface area contributed by atoms with Gasteiger partial charge in [0.05, 0.1) is 52.4 Å². The van der Waals surface area contributed by atoms with Gasteiger partial charge >= 0.3 is 0 Å². The van der Waals surface area contributed by atoms with Gasteiger partial charge in [0, 0.05) is 81.3 Å². The lowest BCUT2D eigenvalue weighted by Gasteiger charge is -2.35. The Bertz CT molecular complexity index is 4340. The predicted molar refractivity (Wildman–Crippen MR) is 496 cm³/mol. The number of rotatable bonds is 47. The molecule has 0 radical (unpaired) electrons. The van der Waals surface area contributed by atoms with E-state index in [-0.39, 0.29) is 22.4 Å². The Morgan fingerprint density at radius 1 is 0.293 bits per heavy atom. The molecule has 4 aliphatic rings. The van der Waals surface area contributed by atoms with Gasteiger partial charge in [-0.1, -0.05) is 314 Å². The van der Waals surface area contributed by atoms with Crippen LogP contribution in [0, 0.1) is 0 Å². The molecular weight excluding hydrogens is 1410 g/mol. The number of Topliss-reactive ketones (excluding diaryl/α,β-unsaturated/α-hetero) is 2. The van der Waals surface area contributed by atoms with Crippen molar-refractivity contribution in [1.29, 1.82) is 0 Å². The van der Waals surface area contributed by atoms with E-state index in [2.05, 4.69) is 225 Å². The topological polar surface area (TPSA) is 65.3 Å². The number of unbranched alkanes of at least 4 members (excludes halogenated alkanes) is 25. The second kappa shape index (κ2) is 42.2. The molecule has 614 valence electrons. The molecule has 0 unspecified atom stereocenters. The van der Waals surface area contributed by atoms with E-state index in [4.69, 9.17) is 9.98 Å². The second-order valence-corrected chi connectivity index (χ2v) is 35.7. The zero-order chi connectivity index (χ0) is 81.3. The minimum absolute atomic E-state index is 0.0500. The summed E-state index contributed by atoms with van der Waals surface area (Å²) >= 11 is 0. The number of carbonyl (C=O) groups is 2. The molecule has 8 nitrogen and oxygen atoms in total. The molecule has 0 atom stereocenters. The maximum atomic E-state index is 15.0. The van der Waals surface area contributed by atoms with Crippen molar-refractivity contribution in [2.24, 2.45) is 9.98 Å². The fraction of sp³-hybridized carbons (Fsp3) is 0.481. The number of anilines is 2. The molecule has 0 aromatic heterocycles. The van der Waals surface area contributed by atoms with Gasteiger partial charge < -0.3 is 18.8 Å². The van der Waals surface area contributed by atoms with Crippen LogP contribution in [0.25, 0.3) is 44.5 Å². The van der Waals surface area contributed by atoms with Gasteiger partial charge in [-0.3, -0.25) is 19.6 Å². The van der Waals surface area contributed by atoms with E-state index in [1.807, 2.05) is 48.8 Å². The smallest absolute Gasteiger partial charge is 0.212 e. The summed E-state index contributed by atoms with van der Waals surface area (Å²) in [4.78, 5) is 45.6. The van der Waals surface area contributed by atoms with Gasteiger partial charge in [0.2, 0.25) is 11.6 Å². The summed E-state index contributed by atoms with van der Waals surface area (Å²) in [6.45, 7) is 35.2. The molecule has 0 spiro atoms. The standard InChI is InChI=1S/C108H142N6O2/c1-11-113(12-2,13-3)77-51-37-33-29-25-21-17-19-23-27-31-35-39-53-83-63-67-85(68-64-83)87-71-73-91-89-55-41-43-57-93(89)105(115)103(95(91)79-87)109-81-101-107(7,8)97-59-45-47-61-99(97)111(101)75-49-50-76-112-100-62-48-46-60-98(100)108(9,10)102(112)82-110-104-96-80-88(72-74-92(96)90-56-42-44-58-94(90)106(104)116)86-69-65-84(66-70-86)54-40-36-32-28-24-20-18-22-26-30-34-38-52-78-114(14-4,15-5)16-6/h41-48,55-74,79-82H,11-40,49-54,75-78H2,1-10H3/q+2/b101-81+,102-82+,109-103?,110-104?. The number of quaternary nitrogens is 2. The maximum absolute atomic E-state index is 15.0. The van der Waals surface area contributed by atoms with E-state index in [1.54, 1.807) is 0 Å². The summed E-state index contributed by atoms with van der Waals surface area (Å²) in [5, 5.41) is 0. The number of benzene rings is 8. The average Bonchev–Trinajstić information content (AvgIpc) is 1.35. The number of aliphatic imine (C=N–C) groups is 2. The van der Waals surface area contributed by atoms with E-state index in [0.29, 0.717) is 22.6 Å². The van der Waals surface area contributed by atoms with Crippen LogP contribution in [-0.4, -0.2) is 97.4 Å². The highest BCUT2D eigenvalue weighted by Gasteiger charge is 2.43. The summed E-state index contributed by atoms with van der Waals surface area (Å²) in [5.41, 5.74) is 21.5. The van der Waals surface area contributed by atoms with Crippen LogP contribution >= 0.6 is 0 Å². The Kier molecular flexibility index (Phi) is 31.6. The first-order chi connectivity index (χ1) is 56.6. The fourth-order valence-electron chi connectivity index (χ4n) is 19.8. The second-order valence-electron chi connectivity index (χ2n) is 35.7. The lowest BCUT2D eigenvalue weighted by molar-refractivity contribution is -0.923. The Morgan fingerprint density at radius 3 is 0.897 bits per heavy atom. The third kappa shape index (κ3) is 20.9. The molecule has 0 saturated carbocycles. The highest BCUT2D eigenvalue weighted by atomic mass is 16.1. The van der Waals surface area contributed by atoms with Crippen LogP contribution in [0.5, 0.6) is 0 Å². The summed E-state index contributed by atoms with van der Waals surface area (Å²) in [6.07, 6.45) is 43.5. The van der Waals surface area contributed by atoms with Crippen molar-refractivity contribution in [3.05, 3.63) is 250 Å². The number of allylic oxidation sites excluding steroid dienone is 2. The lowest BCUT2D eigenvalue weighted by Crippen LogP contribution is -2.48. The quantitative estimate of drug-likeness (QED) is 0.0282. The minimum atomic E-state index is -0.385. The molecule has 0 bridgehead atoms. The third-order valence-corrected chi connectivity index (χ3v) is 27.9. The molecule has 0 saturated heterocycles. The highest BCUT2D eigenvalue weighted by Crippen LogP contribution is 2.50. The third-order valence-electron chi connectivity index (χ3n) is 27.9. The van der Waals surface area contributed by atoms with Crippen molar-refractivity contribution in [1.82, 2.24) is 0 Å². The van der Waals surface area contributed by atoms with Gasteiger partial charge in [0.1, 0.15) is 11.4 Å². The number of nitrogens with zero attached hydrogens (tertiary/aromatic N) is 6. The number of fused-ring (bicyclic) bond motifs is 8. The Hall–Kier alpha value is -8.56. The first-order valence-corrected chi connectivity index (χ1v) is 46.4. The van der Waals surface area contributed by atoms with E-state index in [1.165, 1.54) is 262 Å². The van der Waals surface area contributed by atoms with Crippen molar-refractivity contribution >= 4 is 34.4 Å². The number of hydrogen-bond acceptors (Lipinski definition) is 6. The Labute approximate surface area is 701 Å². The summed E-state index contributed by atoms with van der Waals surface area (Å²) in [6, 6.07) is 65.2. The number of carbonyl (C=O) groups excluding carboxylic acids is 2. The summed E-state index contributed by atoms with van der Waals surface area (Å²) in [5.74, 6) is -0.0999. The van der Waals surface area contributed by atoms with E-state index >= 15 is 0 Å². The number of aryl methyl sites for hydroxylation is 2. The maximum Gasteiger partial charge on any atom is 0.212 e. The molecule has 8 aromatic rings. The molecule has 0 amide bonds. The monoisotopic (exact) mass is 1560 g/mol. The van der Waals surface area contributed by atoms with E-state index in [9.17, 15) is 9.59 Å². The molecule has 0 N–H and O–H groups in total. The molecule has 8 aromatic carbocycles. The molecule has 12 rings (SSSR count). The van der Waals surface area contributed by atoms with Gasteiger partial charge in [-0.2, -0.15) is 0 Å². The SMILES string of the molecule is CC[N+](CC)(CC)CCCCCCCCCCCCCCCc1ccc(-c2ccc3c(c2)C(=N/C=C2/N(CCCCN4/C(=C/N=C5C(=O)c6ccccc6-c6ccc(-c7ccc(CCCCCCCCCCCCCCC[N+](CC)(CC)CC)cc7)cc65)C(C)(C)c5ccccc54)c4ccccc4C2(C)C)C(=O)c2ccccc2-3)cc1. The van der Waals surface area contributed by atoms with E-state index in [0.717, 1.165) is 106 Å². The van der Waals surface area contributed by atoms with Crippen LogP contribution in [0.4, 0.5) is 11.4 Å². The van der Waals surface area contributed by atoms with Crippen LogP contribution in [0.15, 0.2) is 216 Å². The van der Waals surface area contributed by atoms with Gasteiger partial charge in [-0.05, 0) is 197 Å². The van der Waals surface area contributed by atoms with Crippen molar-refractivity contribution in [2.75, 3.05) is 75.2 Å². The molecule has 116 heavy (non-hydrogen) atoms. The molecule has 8 heteroatoms. The lowest BCUT2D eigenvalue weighted by atomic mass is 9.82. The Balaban J connectivity index is 0.668. The average molecular weight is 1560 g/mol. The molecular formula is C108H142N6O2+2. The van der Waals surface area contributed by atoms with Crippen LogP contribution in [0.2, 0.25) is 0 Å². The van der Waals surface area contributed by atoms with Gasteiger partial charge in [0.15, 0.2) is 0 Å². The van der Waals surface area contributed by atoms with Crippen LogP contribution in [0.3, 0.4) is 0 Å². The predicted octanol–water partition coefficient (Wildman–Crippen LogP) is 28.1. The fourth-order valence-corrected chi connectivity index (χ4v) is 19.8. The van der Waals surface area contributed by atoms with Gasteiger partial charge in [-0.25, -0.2) is 0 Å². The van der Waals surface area contributed by atoms with Crippen LogP contribution < -0.4 is 9.80 Å². The van der Waals surface area contributed by atoms with Crippen molar-refractivity contribution in [3.8, 4) is 44.5 Å². The van der Waals surface area contributed by atoms with Crippen molar-refractivity contribution in [3.63, 3.8) is 0 Å². The first-order valence-electron chi connectivity index (χ1n) is 46.4. The number of ketones is 2. The molecule has 2 aliphatic carbocycles. The minimum Gasteiger partial charge on any atom is -0.343 e. The van der Waals surface area contributed by atoms with Gasteiger partial charge in [-0.15, -0.1) is 0 Å². The number of hydrogen-bond donors (Lipinski definition) is 0. The first kappa shape index (κ1) is 86.8. The van der Waals surface area contributed by atoms with E-state index < -0.39 is 0 Å². The Morgan fingerprint density at radius 2 is 0.569 bits per heavy atom. The van der Waals surface area contributed by atoms with Gasteiger partial charge in [0.25, 0.3) is 0 Å². The number of para-hydroxylation sites is 2. The molecule has 2 heterocycles. The van der Waals surface area contributed by atoms with Crippen molar-refractivity contribution in [2.45, 2.75) is 273 Å². The summed E-state index contributed by atoms with van der Waals surface area (Å²) in [7, 11) is 0. The normalized spacial score (nSPS) is 16.1. The summed E-state index contributed by atoms with van der Waals surface area (Å²) < 4.78 is 2.58. The largest absolute Gasteiger partial charge is 0.343 e.